The van der Waals surface area contributed by atoms with Gasteiger partial charge in [0, 0.05) is 0 Å². The van der Waals surface area contributed by atoms with Gasteiger partial charge in [0.15, 0.2) is 0 Å². The van der Waals surface area contributed by atoms with Crippen molar-refractivity contribution in [3.8, 4) is 11.1 Å². The molecule has 2 aromatic carbocycles. The molecule has 28 heavy (non-hydrogen) atoms. The Kier molecular flexibility index (Phi) is 14.8. The van der Waals surface area contributed by atoms with E-state index in [9.17, 15) is 0 Å². The SMILES string of the molecule is C.C.C.CC.CC.Cc1ccc2c(c1-c1cccc3c1CCCC3)CCCC2. The Labute approximate surface area is 177 Å². The maximum Gasteiger partial charge on any atom is -0.0117 e. The van der Waals surface area contributed by atoms with Gasteiger partial charge in [-0.1, -0.05) is 80.3 Å². The van der Waals surface area contributed by atoms with E-state index in [4.69, 9.17) is 0 Å². The first-order valence-corrected chi connectivity index (χ1v) is 10.6. The van der Waals surface area contributed by atoms with Crippen LogP contribution in [0.2, 0.25) is 0 Å². The second-order valence-corrected chi connectivity index (χ2v) is 6.75. The van der Waals surface area contributed by atoms with Crippen LogP contribution >= 0.6 is 0 Å². The molecule has 160 valence electrons. The van der Waals surface area contributed by atoms with Gasteiger partial charge in [-0.15, -0.1) is 0 Å². The third-order valence-corrected chi connectivity index (χ3v) is 5.41. The Morgan fingerprint density at radius 2 is 1.07 bits per heavy atom. The lowest BCUT2D eigenvalue weighted by molar-refractivity contribution is 0.681. The number of benzene rings is 2. The Bertz CT molecular complexity index is 679. The number of rotatable bonds is 1. The van der Waals surface area contributed by atoms with Crippen LogP contribution in [0, 0.1) is 6.92 Å². The van der Waals surface area contributed by atoms with Gasteiger partial charge in [0.25, 0.3) is 0 Å². The molecule has 0 heteroatoms. The summed E-state index contributed by atoms with van der Waals surface area (Å²) < 4.78 is 0. The summed E-state index contributed by atoms with van der Waals surface area (Å²) in [5.41, 5.74) is 11.1. The molecule has 0 heterocycles. The van der Waals surface area contributed by atoms with Gasteiger partial charge in [0.2, 0.25) is 0 Å². The lowest BCUT2D eigenvalue weighted by Crippen LogP contribution is -2.09. The van der Waals surface area contributed by atoms with E-state index >= 15 is 0 Å². The highest BCUT2D eigenvalue weighted by Gasteiger charge is 2.20. The van der Waals surface area contributed by atoms with Gasteiger partial charge in [-0.2, -0.15) is 0 Å². The zero-order valence-electron chi connectivity index (χ0n) is 17.0. The first kappa shape index (κ1) is 28.6. The maximum absolute atomic E-state index is 2.38. The molecule has 0 saturated carbocycles. The van der Waals surface area contributed by atoms with E-state index in [2.05, 4.69) is 37.3 Å². The minimum absolute atomic E-state index is 0. The highest BCUT2D eigenvalue weighted by molar-refractivity contribution is 5.76. The highest BCUT2D eigenvalue weighted by Crippen LogP contribution is 2.38. The maximum atomic E-state index is 2.38. The fraction of sp³-hybridized carbons (Fsp3) is 0.571. The molecule has 0 nitrogen and oxygen atoms in total. The zero-order chi connectivity index (χ0) is 18.2. The van der Waals surface area contributed by atoms with Crippen molar-refractivity contribution >= 4 is 0 Å². The molecule has 0 atom stereocenters. The van der Waals surface area contributed by atoms with Crippen LogP contribution in [0.4, 0.5) is 0 Å². The summed E-state index contributed by atoms with van der Waals surface area (Å²) >= 11 is 0. The molecular weight excluding hydrogens is 336 g/mol. The molecule has 0 fully saturated rings. The Morgan fingerprint density at radius 3 is 1.68 bits per heavy atom. The molecule has 0 saturated heterocycles. The zero-order valence-corrected chi connectivity index (χ0v) is 17.0. The Balaban J connectivity index is 0. The van der Waals surface area contributed by atoms with Crippen molar-refractivity contribution in [1.82, 2.24) is 0 Å². The smallest absolute Gasteiger partial charge is 0.0117 e. The normalized spacial score (nSPS) is 13.3. The van der Waals surface area contributed by atoms with Crippen LogP contribution < -0.4 is 0 Å². The third-order valence-electron chi connectivity index (χ3n) is 5.41. The fourth-order valence-corrected chi connectivity index (χ4v) is 4.34. The number of hydrogen-bond donors (Lipinski definition) is 0. The lowest BCUT2D eigenvalue weighted by Gasteiger charge is -2.25. The van der Waals surface area contributed by atoms with Crippen LogP contribution in [-0.4, -0.2) is 0 Å². The van der Waals surface area contributed by atoms with E-state index < -0.39 is 0 Å². The van der Waals surface area contributed by atoms with Crippen LogP contribution in [0.3, 0.4) is 0 Å². The minimum Gasteiger partial charge on any atom is -0.0776 e. The van der Waals surface area contributed by atoms with Gasteiger partial charge in [0.05, 0.1) is 0 Å². The highest BCUT2D eigenvalue weighted by atomic mass is 14.2. The summed E-state index contributed by atoms with van der Waals surface area (Å²) in [5.74, 6) is 0. The molecule has 0 unspecified atom stereocenters. The lowest BCUT2D eigenvalue weighted by atomic mass is 9.79. The van der Waals surface area contributed by atoms with Crippen molar-refractivity contribution < 1.29 is 0 Å². The van der Waals surface area contributed by atoms with Crippen molar-refractivity contribution in [3.05, 3.63) is 58.1 Å². The van der Waals surface area contributed by atoms with Crippen molar-refractivity contribution in [1.29, 1.82) is 0 Å². The predicted molar refractivity (Wildman–Crippen MR) is 133 cm³/mol. The summed E-state index contributed by atoms with van der Waals surface area (Å²) in [6.45, 7) is 10.3. The summed E-state index contributed by atoms with van der Waals surface area (Å²) in [4.78, 5) is 0. The minimum atomic E-state index is 0. The van der Waals surface area contributed by atoms with E-state index in [1.165, 1.54) is 56.9 Å². The van der Waals surface area contributed by atoms with E-state index in [1.54, 1.807) is 33.4 Å². The molecule has 0 N–H and O–H groups in total. The van der Waals surface area contributed by atoms with Gasteiger partial charge in [-0.25, -0.2) is 0 Å². The first-order valence-electron chi connectivity index (χ1n) is 10.6. The van der Waals surface area contributed by atoms with Crippen LogP contribution in [0.25, 0.3) is 11.1 Å². The van der Waals surface area contributed by atoms with Crippen LogP contribution in [0.1, 0.15) is 103 Å². The van der Waals surface area contributed by atoms with Crippen LogP contribution in [0.5, 0.6) is 0 Å². The number of aryl methyl sites for hydroxylation is 3. The monoisotopic (exact) mass is 384 g/mol. The predicted octanol–water partition coefficient (Wildman–Crippen LogP) is 9.38. The second kappa shape index (κ2) is 14.4. The average molecular weight is 385 g/mol. The van der Waals surface area contributed by atoms with E-state index in [1.807, 2.05) is 27.7 Å². The van der Waals surface area contributed by atoms with Crippen LogP contribution in [-0.2, 0) is 25.7 Å². The number of hydrogen-bond acceptors (Lipinski definition) is 0. The topological polar surface area (TPSA) is 0 Å². The van der Waals surface area contributed by atoms with Crippen molar-refractivity contribution in [2.24, 2.45) is 0 Å². The standard InChI is InChI=1S/C21H24.2C2H6.3CH4/c1-15-13-14-17-8-3-5-11-19(17)21(15)20-12-6-9-16-7-2-4-10-18(16)20;2*1-2;;;/h6,9,12-14H,2-5,7-8,10-11H2,1H3;2*1-2H3;3*1H4. The largest absolute Gasteiger partial charge is 0.0776 e. The first-order chi connectivity index (χ1) is 12.3. The fourth-order valence-electron chi connectivity index (χ4n) is 4.34. The third kappa shape index (κ3) is 5.97. The number of fused-ring (bicyclic) bond motifs is 2. The summed E-state index contributed by atoms with van der Waals surface area (Å²) in [7, 11) is 0. The molecule has 4 rings (SSSR count). The van der Waals surface area contributed by atoms with Gasteiger partial charge in [-0.3, -0.25) is 0 Å². The summed E-state index contributed by atoms with van der Waals surface area (Å²) in [5, 5.41) is 0. The molecule has 0 spiro atoms. The molecule has 0 bridgehead atoms. The van der Waals surface area contributed by atoms with Gasteiger partial charge in [-0.05, 0) is 97.2 Å². The van der Waals surface area contributed by atoms with Gasteiger partial charge in [0.1, 0.15) is 0 Å². The summed E-state index contributed by atoms with van der Waals surface area (Å²) in [6, 6.07) is 11.7. The molecule has 2 aromatic rings. The van der Waals surface area contributed by atoms with Gasteiger partial charge < -0.3 is 0 Å². The molecule has 2 aliphatic carbocycles. The molecule has 0 aliphatic heterocycles. The van der Waals surface area contributed by atoms with Crippen molar-refractivity contribution in [3.63, 3.8) is 0 Å². The quantitative estimate of drug-likeness (QED) is 0.459. The van der Waals surface area contributed by atoms with Gasteiger partial charge >= 0.3 is 0 Å². The van der Waals surface area contributed by atoms with Crippen LogP contribution in [0.15, 0.2) is 30.3 Å². The molecular formula is C28H48. The molecule has 0 radical (unpaired) electrons. The Hall–Kier alpha value is -1.56. The average Bonchev–Trinajstić information content (AvgIpc) is 2.71. The summed E-state index contributed by atoms with van der Waals surface area (Å²) in [6.07, 6.45) is 10.5. The van der Waals surface area contributed by atoms with Crippen molar-refractivity contribution in [2.75, 3.05) is 0 Å². The Morgan fingerprint density at radius 1 is 0.571 bits per heavy atom. The van der Waals surface area contributed by atoms with E-state index in [0.717, 1.165) is 0 Å². The van der Waals surface area contributed by atoms with Crippen molar-refractivity contribution in [2.45, 2.75) is 108 Å². The van der Waals surface area contributed by atoms with E-state index in [0.29, 0.717) is 0 Å². The molecule has 0 amide bonds. The second-order valence-electron chi connectivity index (χ2n) is 6.75. The molecule has 2 aliphatic rings. The van der Waals surface area contributed by atoms with E-state index in [-0.39, 0.29) is 22.3 Å². The molecule has 0 aromatic heterocycles.